The smallest absolute Gasteiger partial charge is 0.229 e. The standard InChI is InChI=1S/C17H21N5O2/c1-11-9-12(2)21-17-13(11)14-15(24-17)16(20-10-19-14)18-3-4-22-5-7-23-8-6-22/h9-10H,3-8H2,1-2H3,(H,18,19,20)/p+1. The molecule has 0 amide bonds. The first-order valence-corrected chi connectivity index (χ1v) is 8.39. The molecule has 1 aliphatic heterocycles. The van der Waals surface area contributed by atoms with Crippen LogP contribution in [0.25, 0.3) is 22.2 Å². The summed E-state index contributed by atoms with van der Waals surface area (Å²) in [4.78, 5) is 14.8. The lowest BCUT2D eigenvalue weighted by atomic mass is 10.1. The molecular weight excluding hydrogens is 306 g/mol. The molecule has 0 saturated carbocycles. The predicted octanol–water partition coefficient (Wildman–Crippen LogP) is 0.715. The maximum absolute atomic E-state index is 5.96. The van der Waals surface area contributed by atoms with E-state index in [1.807, 2.05) is 13.0 Å². The predicted molar refractivity (Wildman–Crippen MR) is 91.5 cm³/mol. The van der Waals surface area contributed by atoms with Crippen LogP contribution in [-0.2, 0) is 4.74 Å². The Morgan fingerprint density at radius 2 is 2.04 bits per heavy atom. The van der Waals surface area contributed by atoms with Crippen molar-refractivity contribution in [2.24, 2.45) is 0 Å². The molecule has 0 radical (unpaired) electrons. The van der Waals surface area contributed by atoms with Crippen LogP contribution in [0.1, 0.15) is 11.3 Å². The third-order valence-electron chi connectivity index (χ3n) is 4.52. The van der Waals surface area contributed by atoms with E-state index in [0.29, 0.717) is 11.3 Å². The Balaban J connectivity index is 1.60. The Kier molecular flexibility index (Phi) is 4.03. The summed E-state index contributed by atoms with van der Waals surface area (Å²) in [6.45, 7) is 9.72. The van der Waals surface area contributed by atoms with Crippen LogP contribution in [0.2, 0.25) is 0 Å². The van der Waals surface area contributed by atoms with Gasteiger partial charge in [0, 0.05) is 5.69 Å². The number of ether oxygens (including phenoxy) is 1. The highest BCUT2D eigenvalue weighted by Gasteiger charge is 2.17. The van der Waals surface area contributed by atoms with E-state index >= 15 is 0 Å². The molecule has 7 nitrogen and oxygen atoms in total. The monoisotopic (exact) mass is 328 g/mol. The van der Waals surface area contributed by atoms with Crippen molar-refractivity contribution in [1.29, 1.82) is 0 Å². The van der Waals surface area contributed by atoms with E-state index in [9.17, 15) is 0 Å². The van der Waals surface area contributed by atoms with Crippen molar-refractivity contribution in [2.45, 2.75) is 13.8 Å². The maximum Gasteiger partial charge on any atom is 0.229 e. The summed E-state index contributed by atoms with van der Waals surface area (Å²) >= 11 is 0. The van der Waals surface area contributed by atoms with Crippen molar-refractivity contribution in [2.75, 3.05) is 44.7 Å². The van der Waals surface area contributed by atoms with Gasteiger partial charge in [0.15, 0.2) is 11.4 Å². The number of rotatable bonds is 4. The van der Waals surface area contributed by atoms with Gasteiger partial charge in [0.25, 0.3) is 0 Å². The molecule has 0 atom stereocenters. The number of quaternary nitrogens is 1. The number of furan rings is 1. The number of pyridine rings is 1. The van der Waals surface area contributed by atoms with Crippen molar-refractivity contribution in [1.82, 2.24) is 15.0 Å². The second-order valence-electron chi connectivity index (χ2n) is 6.30. The van der Waals surface area contributed by atoms with E-state index in [1.54, 1.807) is 11.2 Å². The lowest BCUT2D eigenvalue weighted by Crippen LogP contribution is -3.14. The Hall–Kier alpha value is -2.25. The number of aromatic nitrogens is 3. The average molecular weight is 328 g/mol. The molecule has 0 bridgehead atoms. The van der Waals surface area contributed by atoms with E-state index < -0.39 is 0 Å². The number of nitrogens with one attached hydrogen (secondary N) is 2. The first-order chi connectivity index (χ1) is 11.7. The second-order valence-corrected chi connectivity index (χ2v) is 6.30. The van der Waals surface area contributed by atoms with Crippen molar-refractivity contribution in [3.63, 3.8) is 0 Å². The number of morpholine rings is 1. The van der Waals surface area contributed by atoms with Crippen LogP contribution in [0.5, 0.6) is 0 Å². The summed E-state index contributed by atoms with van der Waals surface area (Å²) in [7, 11) is 0. The summed E-state index contributed by atoms with van der Waals surface area (Å²) in [5, 5.41) is 4.37. The SMILES string of the molecule is Cc1cc(C)c2c(n1)oc1c(NCC[NH+]3CCOCC3)ncnc12. The lowest BCUT2D eigenvalue weighted by molar-refractivity contribution is -0.906. The quantitative estimate of drug-likeness (QED) is 0.735. The molecule has 1 fully saturated rings. The third kappa shape index (κ3) is 2.81. The van der Waals surface area contributed by atoms with E-state index in [4.69, 9.17) is 9.15 Å². The molecule has 0 unspecified atom stereocenters. The fourth-order valence-electron chi connectivity index (χ4n) is 3.30. The van der Waals surface area contributed by atoms with Gasteiger partial charge in [0.2, 0.25) is 5.71 Å². The first-order valence-electron chi connectivity index (χ1n) is 8.39. The second kappa shape index (κ2) is 6.33. The van der Waals surface area contributed by atoms with E-state index in [0.717, 1.165) is 67.4 Å². The van der Waals surface area contributed by atoms with E-state index in [1.165, 1.54) is 0 Å². The van der Waals surface area contributed by atoms with E-state index in [-0.39, 0.29) is 0 Å². The van der Waals surface area contributed by atoms with Gasteiger partial charge >= 0.3 is 0 Å². The molecule has 0 spiro atoms. The third-order valence-corrected chi connectivity index (χ3v) is 4.52. The Bertz CT molecular complexity index is 870. The lowest BCUT2D eigenvalue weighted by Gasteiger charge is -2.23. The van der Waals surface area contributed by atoms with Crippen LogP contribution in [0.4, 0.5) is 5.82 Å². The Morgan fingerprint density at radius 1 is 1.21 bits per heavy atom. The van der Waals surface area contributed by atoms with Gasteiger partial charge in [0.1, 0.15) is 24.9 Å². The fraction of sp³-hybridized carbons (Fsp3) is 0.471. The van der Waals surface area contributed by atoms with Crippen LogP contribution >= 0.6 is 0 Å². The van der Waals surface area contributed by atoms with Crippen molar-refractivity contribution in [3.05, 3.63) is 23.7 Å². The minimum Gasteiger partial charge on any atom is -0.432 e. The molecule has 4 heterocycles. The van der Waals surface area contributed by atoms with Gasteiger partial charge in [-0.25, -0.2) is 15.0 Å². The summed E-state index contributed by atoms with van der Waals surface area (Å²) < 4.78 is 11.4. The zero-order valence-corrected chi connectivity index (χ0v) is 14.1. The molecule has 126 valence electrons. The number of hydrogen-bond acceptors (Lipinski definition) is 6. The van der Waals surface area contributed by atoms with Gasteiger partial charge < -0.3 is 19.4 Å². The summed E-state index contributed by atoms with van der Waals surface area (Å²) in [6, 6.07) is 2.05. The number of hydrogen-bond donors (Lipinski definition) is 2. The van der Waals surface area contributed by atoms with Crippen LogP contribution in [0, 0.1) is 13.8 Å². The van der Waals surface area contributed by atoms with Gasteiger partial charge in [-0.15, -0.1) is 0 Å². The van der Waals surface area contributed by atoms with Gasteiger partial charge in [0.05, 0.1) is 31.7 Å². The highest BCUT2D eigenvalue weighted by molar-refractivity contribution is 6.05. The maximum atomic E-state index is 5.96. The molecule has 3 aromatic rings. The topological polar surface area (TPSA) is 77.5 Å². The zero-order valence-electron chi connectivity index (χ0n) is 14.1. The molecule has 0 aliphatic carbocycles. The molecule has 7 heteroatoms. The molecule has 1 aliphatic rings. The van der Waals surface area contributed by atoms with Crippen LogP contribution in [-0.4, -0.2) is 54.3 Å². The Morgan fingerprint density at radius 3 is 2.88 bits per heavy atom. The number of nitrogens with zero attached hydrogens (tertiary/aromatic N) is 3. The Labute approximate surface area is 140 Å². The summed E-state index contributed by atoms with van der Waals surface area (Å²) in [5.74, 6) is 0.739. The largest absolute Gasteiger partial charge is 0.432 e. The summed E-state index contributed by atoms with van der Waals surface area (Å²) in [5.41, 5.74) is 4.21. The van der Waals surface area contributed by atoms with Crippen molar-refractivity contribution in [3.8, 4) is 0 Å². The van der Waals surface area contributed by atoms with Crippen LogP contribution in [0.3, 0.4) is 0 Å². The fourth-order valence-corrected chi connectivity index (χ4v) is 3.30. The molecule has 1 saturated heterocycles. The molecule has 4 rings (SSSR count). The van der Waals surface area contributed by atoms with Gasteiger partial charge in [-0.3, -0.25) is 0 Å². The van der Waals surface area contributed by atoms with E-state index in [2.05, 4.69) is 27.2 Å². The highest BCUT2D eigenvalue weighted by Crippen LogP contribution is 2.31. The molecule has 3 aromatic heterocycles. The molecule has 24 heavy (non-hydrogen) atoms. The number of fused-ring (bicyclic) bond motifs is 3. The highest BCUT2D eigenvalue weighted by atomic mass is 16.5. The number of aryl methyl sites for hydroxylation is 2. The zero-order chi connectivity index (χ0) is 16.5. The molecule has 2 N–H and O–H groups in total. The molecular formula is C17H22N5O2+. The summed E-state index contributed by atoms with van der Waals surface area (Å²) in [6.07, 6.45) is 1.58. The average Bonchev–Trinajstić information content (AvgIpc) is 2.95. The van der Waals surface area contributed by atoms with Crippen molar-refractivity contribution < 1.29 is 14.1 Å². The number of anilines is 1. The van der Waals surface area contributed by atoms with Crippen LogP contribution < -0.4 is 10.2 Å². The normalized spacial score (nSPS) is 16.1. The van der Waals surface area contributed by atoms with Crippen LogP contribution in [0.15, 0.2) is 16.8 Å². The molecule has 0 aromatic carbocycles. The van der Waals surface area contributed by atoms with Gasteiger partial charge in [-0.1, -0.05) is 0 Å². The van der Waals surface area contributed by atoms with Crippen molar-refractivity contribution >= 4 is 28.0 Å². The minimum atomic E-state index is 0.629. The minimum absolute atomic E-state index is 0.629. The van der Waals surface area contributed by atoms with Gasteiger partial charge in [-0.2, -0.15) is 0 Å². The van der Waals surface area contributed by atoms with Gasteiger partial charge in [-0.05, 0) is 25.5 Å². The first kappa shape index (κ1) is 15.3.